The molecule has 3 aromatic heterocycles. The molecular formula is C24H30FN5O4S. The number of aromatic amines is 1. The van der Waals surface area contributed by atoms with Crippen LogP contribution in [0.2, 0.25) is 0 Å². The lowest BCUT2D eigenvalue weighted by Gasteiger charge is -2.21. The number of aryl methyl sites for hydroxylation is 2. The van der Waals surface area contributed by atoms with Gasteiger partial charge in [-0.05, 0) is 52.6 Å². The summed E-state index contributed by atoms with van der Waals surface area (Å²) in [5.41, 5.74) is 2.85. The molecule has 0 unspecified atom stereocenters. The van der Waals surface area contributed by atoms with Gasteiger partial charge in [0, 0.05) is 40.9 Å². The van der Waals surface area contributed by atoms with Gasteiger partial charge in [0.2, 0.25) is 5.88 Å². The molecule has 35 heavy (non-hydrogen) atoms. The van der Waals surface area contributed by atoms with Crippen molar-refractivity contribution in [1.82, 2.24) is 24.5 Å². The van der Waals surface area contributed by atoms with Crippen LogP contribution in [0.1, 0.15) is 17.7 Å². The van der Waals surface area contributed by atoms with Crippen LogP contribution in [0, 0.1) is 25.6 Å². The van der Waals surface area contributed by atoms with Crippen molar-refractivity contribution in [3.63, 3.8) is 0 Å². The average Bonchev–Trinajstić information content (AvgIpc) is 3.31. The SMILES string of the molecule is Cc1cc2c(F)c(Oc3ncnn4cc(OC[C@@H](CCS(C)(=O)=O)CN(C)C)c(C)c34)ccc2[nH]1. The van der Waals surface area contributed by atoms with Gasteiger partial charge in [0.1, 0.15) is 27.4 Å². The fraction of sp³-hybridized carbons (Fsp3) is 0.417. The number of hydrogen-bond donors (Lipinski definition) is 1. The number of ether oxygens (including phenoxy) is 2. The van der Waals surface area contributed by atoms with Crippen LogP contribution < -0.4 is 9.47 Å². The van der Waals surface area contributed by atoms with Gasteiger partial charge < -0.3 is 19.4 Å². The Hall–Kier alpha value is -3.18. The van der Waals surface area contributed by atoms with E-state index in [-0.39, 0.29) is 23.3 Å². The third-order valence-electron chi connectivity index (χ3n) is 5.79. The van der Waals surface area contributed by atoms with E-state index >= 15 is 4.39 Å². The first kappa shape index (κ1) is 24.9. The van der Waals surface area contributed by atoms with Crippen LogP contribution in [0.3, 0.4) is 0 Å². The van der Waals surface area contributed by atoms with Crippen molar-refractivity contribution in [3.8, 4) is 17.4 Å². The number of fused-ring (bicyclic) bond motifs is 2. The summed E-state index contributed by atoms with van der Waals surface area (Å²) in [7, 11) is 0.817. The molecule has 0 fully saturated rings. The molecule has 4 rings (SSSR count). The summed E-state index contributed by atoms with van der Waals surface area (Å²) >= 11 is 0. The predicted octanol–water partition coefficient (Wildman–Crippen LogP) is 3.75. The van der Waals surface area contributed by atoms with Gasteiger partial charge in [0.15, 0.2) is 11.6 Å². The maximum atomic E-state index is 15.1. The molecule has 0 radical (unpaired) electrons. The van der Waals surface area contributed by atoms with Crippen molar-refractivity contribution >= 4 is 26.3 Å². The Balaban J connectivity index is 1.58. The molecule has 4 aromatic rings. The minimum Gasteiger partial charge on any atom is -0.491 e. The van der Waals surface area contributed by atoms with Gasteiger partial charge in [-0.2, -0.15) is 10.1 Å². The number of nitrogens with zero attached hydrogens (tertiary/aromatic N) is 4. The summed E-state index contributed by atoms with van der Waals surface area (Å²) in [5, 5.41) is 4.69. The Kier molecular flexibility index (Phi) is 7.00. The number of hydrogen-bond acceptors (Lipinski definition) is 7. The van der Waals surface area contributed by atoms with Gasteiger partial charge in [0.05, 0.1) is 18.6 Å². The Morgan fingerprint density at radius 3 is 2.71 bits per heavy atom. The molecule has 1 aromatic carbocycles. The summed E-state index contributed by atoms with van der Waals surface area (Å²) in [4.78, 5) is 9.35. The van der Waals surface area contributed by atoms with Crippen LogP contribution in [0.15, 0.2) is 30.7 Å². The van der Waals surface area contributed by atoms with Crippen molar-refractivity contribution in [1.29, 1.82) is 0 Å². The third kappa shape index (κ3) is 5.73. The van der Waals surface area contributed by atoms with Crippen LogP contribution in [0.4, 0.5) is 4.39 Å². The third-order valence-corrected chi connectivity index (χ3v) is 6.76. The summed E-state index contributed by atoms with van der Waals surface area (Å²) in [6.07, 6.45) is 4.79. The first-order chi connectivity index (χ1) is 16.5. The highest BCUT2D eigenvalue weighted by Gasteiger charge is 2.20. The zero-order valence-corrected chi connectivity index (χ0v) is 21.3. The molecule has 1 atom stereocenters. The highest BCUT2D eigenvalue weighted by atomic mass is 32.2. The van der Waals surface area contributed by atoms with Gasteiger partial charge in [-0.3, -0.25) is 0 Å². The number of aromatic nitrogens is 4. The molecule has 0 amide bonds. The van der Waals surface area contributed by atoms with Crippen molar-refractivity contribution in [2.45, 2.75) is 20.3 Å². The number of sulfone groups is 1. The van der Waals surface area contributed by atoms with Gasteiger partial charge in [-0.1, -0.05) is 0 Å². The minimum absolute atomic E-state index is 0.0228. The highest BCUT2D eigenvalue weighted by molar-refractivity contribution is 7.90. The van der Waals surface area contributed by atoms with Crippen molar-refractivity contribution in [2.24, 2.45) is 5.92 Å². The molecule has 11 heteroatoms. The maximum Gasteiger partial charge on any atom is 0.247 e. The smallest absolute Gasteiger partial charge is 0.247 e. The Morgan fingerprint density at radius 1 is 1.23 bits per heavy atom. The first-order valence-electron chi connectivity index (χ1n) is 11.3. The fourth-order valence-electron chi connectivity index (χ4n) is 4.13. The summed E-state index contributed by atoms with van der Waals surface area (Å²) in [5.74, 6) is 0.504. The Morgan fingerprint density at radius 2 is 2.00 bits per heavy atom. The number of H-pyrrole nitrogens is 1. The maximum absolute atomic E-state index is 15.1. The number of rotatable bonds is 10. The zero-order valence-electron chi connectivity index (χ0n) is 20.5. The highest BCUT2D eigenvalue weighted by Crippen LogP contribution is 2.35. The van der Waals surface area contributed by atoms with E-state index < -0.39 is 15.7 Å². The average molecular weight is 504 g/mol. The van der Waals surface area contributed by atoms with Crippen LogP contribution in [0.25, 0.3) is 16.4 Å². The van der Waals surface area contributed by atoms with E-state index in [0.29, 0.717) is 41.7 Å². The van der Waals surface area contributed by atoms with E-state index in [1.165, 1.54) is 12.6 Å². The molecule has 0 saturated heterocycles. The molecule has 1 N–H and O–H groups in total. The van der Waals surface area contributed by atoms with Gasteiger partial charge >= 0.3 is 0 Å². The quantitative estimate of drug-likeness (QED) is 0.352. The second-order valence-electron chi connectivity index (χ2n) is 9.23. The van der Waals surface area contributed by atoms with Crippen molar-refractivity contribution < 1.29 is 22.3 Å². The van der Waals surface area contributed by atoms with E-state index in [1.54, 1.807) is 28.9 Å². The molecule has 0 aliphatic rings. The predicted molar refractivity (Wildman–Crippen MR) is 133 cm³/mol. The zero-order chi connectivity index (χ0) is 25.3. The number of nitrogens with one attached hydrogen (secondary N) is 1. The largest absolute Gasteiger partial charge is 0.491 e. The second kappa shape index (κ2) is 9.82. The van der Waals surface area contributed by atoms with Gasteiger partial charge in [0.25, 0.3) is 0 Å². The first-order valence-corrected chi connectivity index (χ1v) is 13.3. The molecule has 188 valence electrons. The standard InChI is InChI=1S/C24H30FN5O4S/c1-15-10-18-19(28-15)6-7-20(22(18)25)34-24-23-16(2)21(12-30(23)27-14-26-24)33-13-17(11-29(3)4)8-9-35(5,31)32/h6-7,10,12,14,17,28H,8-9,11,13H2,1-5H3/t17-/m0/s1. The van der Waals surface area contributed by atoms with E-state index in [9.17, 15) is 8.42 Å². The Labute approximate surface area is 203 Å². The molecular weight excluding hydrogens is 473 g/mol. The molecule has 9 nitrogen and oxygen atoms in total. The number of halogens is 1. The van der Waals surface area contributed by atoms with E-state index in [2.05, 4.69) is 15.1 Å². The lowest BCUT2D eigenvalue weighted by molar-refractivity contribution is 0.206. The molecule has 0 aliphatic heterocycles. The van der Waals surface area contributed by atoms with E-state index in [4.69, 9.17) is 9.47 Å². The lowest BCUT2D eigenvalue weighted by Crippen LogP contribution is -2.28. The van der Waals surface area contributed by atoms with Crippen LogP contribution in [-0.4, -0.2) is 72.2 Å². The molecule has 0 bridgehead atoms. The fourth-order valence-corrected chi connectivity index (χ4v) is 4.89. The normalized spacial score (nSPS) is 13.1. The van der Waals surface area contributed by atoms with Crippen LogP contribution >= 0.6 is 0 Å². The second-order valence-corrected chi connectivity index (χ2v) is 11.5. The van der Waals surface area contributed by atoms with E-state index in [1.807, 2.05) is 32.8 Å². The summed E-state index contributed by atoms with van der Waals surface area (Å²) in [6.45, 7) is 4.75. The monoisotopic (exact) mass is 503 g/mol. The van der Waals surface area contributed by atoms with Gasteiger partial charge in [-0.25, -0.2) is 17.3 Å². The van der Waals surface area contributed by atoms with Crippen molar-refractivity contribution in [2.75, 3.05) is 39.3 Å². The topological polar surface area (TPSA) is 102 Å². The lowest BCUT2D eigenvalue weighted by atomic mass is 10.1. The summed E-state index contributed by atoms with van der Waals surface area (Å²) in [6, 6.07) is 5.06. The van der Waals surface area contributed by atoms with E-state index in [0.717, 1.165) is 11.3 Å². The molecule has 0 aliphatic carbocycles. The van der Waals surface area contributed by atoms with Crippen LogP contribution in [-0.2, 0) is 9.84 Å². The number of benzene rings is 1. The van der Waals surface area contributed by atoms with Gasteiger partial charge in [-0.15, -0.1) is 0 Å². The van der Waals surface area contributed by atoms with Crippen molar-refractivity contribution in [3.05, 3.63) is 47.8 Å². The summed E-state index contributed by atoms with van der Waals surface area (Å²) < 4.78 is 51.9. The molecule has 3 heterocycles. The molecule has 0 spiro atoms. The minimum atomic E-state index is -3.06. The molecule has 0 saturated carbocycles. The Bertz CT molecular complexity index is 1460. The van der Waals surface area contributed by atoms with Crippen LogP contribution in [0.5, 0.6) is 17.4 Å².